The van der Waals surface area contributed by atoms with Crippen LogP contribution in [0, 0.1) is 0 Å². The van der Waals surface area contributed by atoms with Gasteiger partial charge < -0.3 is 15.4 Å². The third kappa shape index (κ3) is 5.39. The van der Waals surface area contributed by atoms with E-state index in [0.717, 1.165) is 24.6 Å². The van der Waals surface area contributed by atoms with Gasteiger partial charge in [0.05, 0.1) is 13.7 Å². The highest BCUT2D eigenvalue weighted by molar-refractivity contribution is 8.01. The monoisotopic (exact) mass is 370 g/mol. The molecule has 0 unspecified atom stereocenters. The molecule has 0 amide bonds. The molecule has 1 heterocycles. The summed E-state index contributed by atoms with van der Waals surface area (Å²) in [5.41, 5.74) is 1.08. The van der Waals surface area contributed by atoms with Crippen LogP contribution in [0.1, 0.15) is 25.3 Å². The Morgan fingerprint density at radius 1 is 1.23 bits per heavy atom. The predicted molar refractivity (Wildman–Crippen MR) is 108 cm³/mol. The van der Waals surface area contributed by atoms with Crippen LogP contribution in [0.15, 0.2) is 58.5 Å². The first-order chi connectivity index (χ1) is 12.7. The van der Waals surface area contributed by atoms with Crippen LogP contribution >= 0.6 is 11.8 Å². The topological polar surface area (TPSA) is 58.5 Å². The summed E-state index contributed by atoms with van der Waals surface area (Å²) in [5.74, 6) is 1.47. The molecule has 2 aromatic rings. The molecule has 3 rings (SSSR count). The van der Waals surface area contributed by atoms with E-state index in [4.69, 9.17) is 9.73 Å². The molecule has 0 atom stereocenters. The Morgan fingerprint density at radius 2 is 2.04 bits per heavy atom. The summed E-state index contributed by atoms with van der Waals surface area (Å²) in [4.78, 5) is 10.2. The number of hydrogen-bond donors (Lipinski definition) is 2. The molecule has 0 aliphatic heterocycles. The number of ether oxygens (including phenoxy) is 1. The van der Waals surface area contributed by atoms with Crippen LogP contribution in [0.25, 0.3) is 0 Å². The Labute approximate surface area is 159 Å². The van der Waals surface area contributed by atoms with E-state index in [2.05, 4.69) is 52.9 Å². The van der Waals surface area contributed by atoms with Crippen molar-refractivity contribution < 1.29 is 4.74 Å². The molecular weight excluding hydrogens is 344 g/mol. The van der Waals surface area contributed by atoms with Crippen molar-refractivity contribution in [3.8, 4) is 5.88 Å². The normalized spacial score (nSPS) is 15.4. The van der Waals surface area contributed by atoms with Crippen LogP contribution in [-0.4, -0.2) is 35.9 Å². The van der Waals surface area contributed by atoms with E-state index in [-0.39, 0.29) is 4.75 Å². The lowest BCUT2D eigenvalue weighted by Gasteiger charge is -2.18. The maximum absolute atomic E-state index is 5.17. The third-order valence-electron chi connectivity index (χ3n) is 4.24. The van der Waals surface area contributed by atoms with Gasteiger partial charge in [-0.25, -0.2) is 9.98 Å². The number of aliphatic imine (C=N–C) groups is 1. The van der Waals surface area contributed by atoms with Crippen molar-refractivity contribution >= 4 is 17.7 Å². The fraction of sp³-hybridized carbons (Fsp3) is 0.400. The lowest BCUT2D eigenvalue weighted by atomic mass is 10.3. The molecule has 0 saturated heterocycles. The van der Waals surface area contributed by atoms with Crippen LogP contribution < -0.4 is 15.4 Å². The number of rotatable bonds is 8. The Balaban J connectivity index is 1.57. The van der Waals surface area contributed by atoms with Gasteiger partial charge in [-0.3, -0.25) is 0 Å². The minimum atomic E-state index is 0.289. The number of nitrogens with one attached hydrogen (secondary N) is 2. The van der Waals surface area contributed by atoms with E-state index in [1.54, 1.807) is 13.3 Å². The fourth-order valence-corrected chi connectivity index (χ4v) is 3.85. The molecular formula is C20H26N4OS. The summed E-state index contributed by atoms with van der Waals surface area (Å²) < 4.78 is 5.46. The van der Waals surface area contributed by atoms with Crippen LogP contribution in [0.4, 0.5) is 0 Å². The summed E-state index contributed by atoms with van der Waals surface area (Å²) in [6, 6.07) is 14.5. The summed E-state index contributed by atoms with van der Waals surface area (Å²) in [6.45, 7) is 4.42. The Kier molecular flexibility index (Phi) is 6.39. The first-order valence-corrected chi connectivity index (χ1v) is 9.80. The number of pyridine rings is 1. The summed E-state index contributed by atoms with van der Waals surface area (Å²) in [7, 11) is 1.63. The van der Waals surface area contributed by atoms with Gasteiger partial charge in [-0.2, -0.15) is 0 Å². The Morgan fingerprint density at radius 3 is 2.73 bits per heavy atom. The van der Waals surface area contributed by atoms with Crippen molar-refractivity contribution in [3.63, 3.8) is 0 Å². The zero-order chi connectivity index (χ0) is 18.2. The highest BCUT2D eigenvalue weighted by Crippen LogP contribution is 2.51. The Bertz CT molecular complexity index is 732. The first-order valence-electron chi connectivity index (χ1n) is 8.98. The average molecular weight is 371 g/mol. The minimum Gasteiger partial charge on any atom is -0.481 e. The number of aromatic nitrogens is 1. The maximum Gasteiger partial charge on any atom is 0.213 e. The molecule has 0 spiro atoms. The maximum atomic E-state index is 5.17. The molecule has 0 radical (unpaired) electrons. The molecule has 1 aromatic heterocycles. The van der Waals surface area contributed by atoms with E-state index in [9.17, 15) is 0 Å². The molecule has 6 heteroatoms. The molecule has 1 aromatic carbocycles. The minimum absolute atomic E-state index is 0.289. The van der Waals surface area contributed by atoms with Crippen molar-refractivity contribution in [2.24, 2.45) is 4.99 Å². The predicted octanol–water partition coefficient (Wildman–Crippen LogP) is 3.47. The standard InChI is InChI=1S/C20H26N4OS/c1-3-21-19(23-14-16-9-12-22-18(13-16)25-2)24-15-20(10-11-20)26-17-7-5-4-6-8-17/h4-9,12-13H,3,10-11,14-15H2,1-2H3,(H2,21,23,24). The van der Waals surface area contributed by atoms with Crippen molar-refractivity contribution in [1.29, 1.82) is 0 Å². The van der Waals surface area contributed by atoms with Gasteiger partial charge in [0, 0.05) is 35.0 Å². The van der Waals surface area contributed by atoms with Gasteiger partial charge in [0.25, 0.3) is 0 Å². The number of guanidine groups is 1. The smallest absolute Gasteiger partial charge is 0.213 e. The molecule has 1 fully saturated rings. The largest absolute Gasteiger partial charge is 0.481 e. The SMILES string of the molecule is CCNC(=NCc1ccnc(OC)c1)NCC1(Sc2ccccc2)CC1. The molecule has 1 aliphatic carbocycles. The molecule has 26 heavy (non-hydrogen) atoms. The molecule has 5 nitrogen and oxygen atoms in total. The molecule has 2 N–H and O–H groups in total. The molecule has 1 aliphatic rings. The second-order valence-electron chi connectivity index (χ2n) is 6.35. The van der Waals surface area contributed by atoms with E-state index < -0.39 is 0 Å². The summed E-state index contributed by atoms with van der Waals surface area (Å²) >= 11 is 1.97. The number of thioether (sulfide) groups is 1. The van der Waals surface area contributed by atoms with Crippen LogP contribution in [-0.2, 0) is 6.54 Å². The van der Waals surface area contributed by atoms with Gasteiger partial charge >= 0.3 is 0 Å². The summed E-state index contributed by atoms with van der Waals surface area (Å²) in [5, 5.41) is 6.84. The number of methoxy groups -OCH3 is 1. The van der Waals surface area contributed by atoms with Gasteiger partial charge in [0.2, 0.25) is 5.88 Å². The first kappa shape index (κ1) is 18.6. The molecule has 138 valence electrons. The number of nitrogens with zero attached hydrogens (tertiary/aromatic N) is 2. The fourth-order valence-electron chi connectivity index (χ4n) is 2.61. The molecule has 1 saturated carbocycles. The van der Waals surface area contributed by atoms with Gasteiger partial charge in [-0.1, -0.05) is 18.2 Å². The van der Waals surface area contributed by atoms with Crippen LogP contribution in [0.5, 0.6) is 5.88 Å². The van der Waals surface area contributed by atoms with Crippen LogP contribution in [0.2, 0.25) is 0 Å². The van der Waals surface area contributed by atoms with E-state index in [0.29, 0.717) is 12.4 Å². The van der Waals surface area contributed by atoms with Gasteiger partial charge in [0.15, 0.2) is 5.96 Å². The molecule has 0 bridgehead atoms. The highest BCUT2D eigenvalue weighted by atomic mass is 32.2. The Hall–Kier alpha value is -2.21. The lowest BCUT2D eigenvalue weighted by Crippen LogP contribution is -2.41. The van der Waals surface area contributed by atoms with Crippen molar-refractivity contribution in [3.05, 3.63) is 54.2 Å². The van der Waals surface area contributed by atoms with Crippen molar-refractivity contribution in [2.45, 2.75) is 36.0 Å². The zero-order valence-corrected chi connectivity index (χ0v) is 16.2. The van der Waals surface area contributed by atoms with E-state index in [1.807, 2.05) is 23.9 Å². The van der Waals surface area contributed by atoms with Gasteiger partial charge in [0.1, 0.15) is 0 Å². The second kappa shape index (κ2) is 8.94. The van der Waals surface area contributed by atoms with Crippen LogP contribution in [0.3, 0.4) is 0 Å². The second-order valence-corrected chi connectivity index (χ2v) is 7.89. The van der Waals surface area contributed by atoms with Crippen molar-refractivity contribution in [1.82, 2.24) is 15.6 Å². The van der Waals surface area contributed by atoms with Gasteiger partial charge in [-0.15, -0.1) is 11.8 Å². The average Bonchev–Trinajstić information content (AvgIpc) is 3.44. The lowest BCUT2D eigenvalue weighted by molar-refractivity contribution is 0.397. The van der Waals surface area contributed by atoms with Crippen molar-refractivity contribution in [2.75, 3.05) is 20.2 Å². The van der Waals surface area contributed by atoms with Gasteiger partial charge in [-0.05, 0) is 43.5 Å². The quantitative estimate of drug-likeness (QED) is 0.550. The zero-order valence-electron chi connectivity index (χ0n) is 15.4. The summed E-state index contributed by atoms with van der Waals surface area (Å²) in [6.07, 6.45) is 4.22. The van der Waals surface area contributed by atoms with E-state index >= 15 is 0 Å². The third-order valence-corrected chi connectivity index (χ3v) is 5.73. The number of benzene rings is 1. The highest BCUT2D eigenvalue weighted by Gasteiger charge is 2.43. The number of hydrogen-bond acceptors (Lipinski definition) is 4. The van der Waals surface area contributed by atoms with E-state index in [1.165, 1.54) is 17.7 Å².